The third kappa shape index (κ3) is 5.60. The maximum Gasteiger partial charge on any atom is 0.565 e. The summed E-state index contributed by atoms with van der Waals surface area (Å²) in [5.41, 5.74) is 1.08. The SMILES string of the molecule is C=CNCCC[Si](OC)(OC)OC=Cc1ccccc1. The van der Waals surface area contributed by atoms with Crippen LogP contribution in [-0.2, 0) is 13.3 Å². The third-order valence-electron chi connectivity index (χ3n) is 2.88. The highest BCUT2D eigenvalue weighted by molar-refractivity contribution is 6.60. The molecule has 0 heterocycles. The van der Waals surface area contributed by atoms with Gasteiger partial charge in [0.1, 0.15) is 0 Å². The van der Waals surface area contributed by atoms with E-state index in [0.717, 1.165) is 24.6 Å². The molecule has 0 aliphatic heterocycles. The average Bonchev–Trinajstić information content (AvgIpc) is 2.51. The van der Waals surface area contributed by atoms with Crippen LogP contribution in [0.25, 0.3) is 6.08 Å². The summed E-state index contributed by atoms with van der Waals surface area (Å²) in [4.78, 5) is 0. The van der Waals surface area contributed by atoms with Crippen molar-refractivity contribution in [2.24, 2.45) is 0 Å². The first-order valence-electron chi connectivity index (χ1n) is 6.60. The van der Waals surface area contributed by atoms with Crippen molar-refractivity contribution in [2.45, 2.75) is 12.5 Å². The maximum absolute atomic E-state index is 5.77. The average molecular weight is 293 g/mol. The van der Waals surface area contributed by atoms with Gasteiger partial charge in [-0.2, -0.15) is 0 Å². The summed E-state index contributed by atoms with van der Waals surface area (Å²) in [6.45, 7) is 4.44. The van der Waals surface area contributed by atoms with Gasteiger partial charge in [-0.15, -0.1) is 0 Å². The maximum atomic E-state index is 5.77. The highest BCUT2D eigenvalue weighted by Crippen LogP contribution is 2.17. The van der Waals surface area contributed by atoms with Gasteiger partial charge in [0.15, 0.2) is 0 Å². The predicted molar refractivity (Wildman–Crippen MR) is 84.0 cm³/mol. The van der Waals surface area contributed by atoms with Gasteiger partial charge >= 0.3 is 8.80 Å². The molecule has 0 bridgehead atoms. The molecular weight excluding hydrogens is 270 g/mol. The Morgan fingerprint density at radius 3 is 2.50 bits per heavy atom. The van der Waals surface area contributed by atoms with E-state index < -0.39 is 8.80 Å². The second-order valence-corrected chi connectivity index (χ2v) is 7.10. The lowest BCUT2D eigenvalue weighted by atomic mass is 10.2. The Hall–Kier alpha value is -1.56. The van der Waals surface area contributed by atoms with E-state index in [-0.39, 0.29) is 0 Å². The summed E-state index contributed by atoms with van der Waals surface area (Å²) in [5, 5.41) is 3.05. The molecule has 0 aromatic heterocycles. The zero-order chi connectivity index (χ0) is 14.7. The van der Waals surface area contributed by atoms with Crippen molar-refractivity contribution < 1.29 is 13.3 Å². The van der Waals surface area contributed by atoms with E-state index in [1.807, 2.05) is 36.4 Å². The van der Waals surface area contributed by atoms with Gasteiger partial charge in [-0.25, -0.2) is 0 Å². The Kier molecular flexibility index (Phi) is 7.72. The topological polar surface area (TPSA) is 39.7 Å². The summed E-state index contributed by atoms with van der Waals surface area (Å²) < 4.78 is 16.8. The van der Waals surface area contributed by atoms with Crippen molar-refractivity contribution in [3.8, 4) is 0 Å². The van der Waals surface area contributed by atoms with Crippen LogP contribution in [0.3, 0.4) is 0 Å². The molecule has 4 nitrogen and oxygen atoms in total. The van der Waals surface area contributed by atoms with Gasteiger partial charge in [-0.3, -0.25) is 0 Å². The Morgan fingerprint density at radius 1 is 1.20 bits per heavy atom. The molecule has 1 N–H and O–H groups in total. The van der Waals surface area contributed by atoms with E-state index in [1.165, 1.54) is 0 Å². The molecule has 0 aliphatic carbocycles. The summed E-state index contributed by atoms with van der Waals surface area (Å²) in [5.74, 6) is 0. The minimum atomic E-state index is -2.61. The summed E-state index contributed by atoms with van der Waals surface area (Å²) in [6.07, 6.45) is 6.15. The molecule has 0 saturated heterocycles. The summed E-state index contributed by atoms with van der Waals surface area (Å²) in [6, 6.07) is 10.7. The molecule has 5 heteroatoms. The molecule has 0 saturated carbocycles. The van der Waals surface area contributed by atoms with Gasteiger partial charge in [-0.1, -0.05) is 36.9 Å². The van der Waals surface area contributed by atoms with Gasteiger partial charge < -0.3 is 18.6 Å². The summed E-state index contributed by atoms with van der Waals surface area (Å²) in [7, 11) is 0.656. The highest BCUT2D eigenvalue weighted by atomic mass is 28.4. The van der Waals surface area contributed by atoms with Crippen molar-refractivity contribution in [3.05, 3.63) is 54.9 Å². The zero-order valence-electron chi connectivity index (χ0n) is 12.2. The number of benzene rings is 1. The van der Waals surface area contributed by atoms with E-state index in [1.54, 1.807) is 26.7 Å². The monoisotopic (exact) mass is 293 g/mol. The molecule has 0 aliphatic rings. The van der Waals surface area contributed by atoms with Crippen LogP contribution < -0.4 is 5.32 Å². The molecule has 20 heavy (non-hydrogen) atoms. The van der Waals surface area contributed by atoms with E-state index in [4.69, 9.17) is 13.3 Å². The van der Waals surface area contributed by atoms with Gasteiger partial charge in [0.25, 0.3) is 0 Å². The molecule has 0 fully saturated rings. The van der Waals surface area contributed by atoms with Crippen LogP contribution in [0.2, 0.25) is 6.04 Å². The summed E-state index contributed by atoms with van der Waals surface area (Å²) >= 11 is 0. The molecule has 0 radical (unpaired) electrons. The number of nitrogens with one attached hydrogen (secondary N) is 1. The highest BCUT2D eigenvalue weighted by Gasteiger charge is 2.39. The fraction of sp³-hybridized carbons (Fsp3) is 0.333. The van der Waals surface area contributed by atoms with Crippen LogP contribution in [0, 0.1) is 0 Å². The minimum absolute atomic E-state index is 0.750. The smallest absolute Gasteiger partial charge is 0.507 e. The fourth-order valence-electron chi connectivity index (χ4n) is 1.73. The number of rotatable bonds is 10. The van der Waals surface area contributed by atoms with Crippen molar-refractivity contribution in [1.82, 2.24) is 5.32 Å². The lowest BCUT2D eigenvalue weighted by Gasteiger charge is -2.24. The first-order valence-corrected chi connectivity index (χ1v) is 8.53. The largest absolute Gasteiger partial charge is 0.565 e. The zero-order valence-corrected chi connectivity index (χ0v) is 13.2. The Labute approximate surface area is 122 Å². The standard InChI is InChI=1S/C15H23NO3Si/c1-4-16-12-8-14-20(17-2,18-3)19-13-11-15-9-6-5-7-10-15/h4-7,9-11,13,16H,1,8,12,14H2,2-3H3. The van der Waals surface area contributed by atoms with Crippen molar-refractivity contribution in [1.29, 1.82) is 0 Å². The van der Waals surface area contributed by atoms with E-state index in [9.17, 15) is 0 Å². The molecule has 0 unspecified atom stereocenters. The lowest BCUT2D eigenvalue weighted by molar-refractivity contribution is 0.140. The van der Waals surface area contributed by atoms with Gasteiger partial charge in [0.2, 0.25) is 0 Å². The van der Waals surface area contributed by atoms with Crippen molar-refractivity contribution >= 4 is 14.9 Å². The van der Waals surface area contributed by atoms with Crippen LogP contribution in [0.5, 0.6) is 0 Å². The number of hydrogen-bond acceptors (Lipinski definition) is 4. The predicted octanol–water partition coefficient (Wildman–Crippen LogP) is 3.03. The molecule has 1 aromatic carbocycles. The molecule has 0 spiro atoms. The van der Waals surface area contributed by atoms with Gasteiger partial charge in [-0.05, 0) is 24.3 Å². The molecule has 1 aromatic rings. The normalized spacial score (nSPS) is 11.5. The first kappa shape index (κ1) is 16.5. The molecule has 0 amide bonds. The van der Waals surface area contributed by atoms with Crippen LogP contribution in [-0.4, -0.2) is 29.6 Å². The third-order valence-corrected chi connectivity index (χ3v) is 5.58. The van der Waals surface area contributed by atoms with Crippen LogP contribution in [0.1, 0.15) is 12.0 Å². The quantitative estimate of drug-likeness (QED) is 0.409. The van der Waals surface area contributed by atoms with Crippen molar-refractivity contribution in [3.63, 3.8) is 0 Å². The fourth-order valence-corrected chi connectivity index (χ4v) is 3.50. The number of hydrogen-bond donors (Lipinski definition) is 1. The van der Waals surface area contributed by atoms with Gasteiger partial charge in [0.05, 0.1) is 6.26 Å². The molecule has 1 rings (SSSR count). The Morgan fingerprint density at radius 2 is 1.90 bits per heavy atom. The first-order chi connectivity index (χ1) is 9.76. The second-order valence-electron chi connectivity index (χ2n) is 4.18. The van der Waals surface area contributed by atoms with Crippen LogP contribution in [0.15, 0.2) is 49.4 Å². The van der Waals surface area contributed by atoms with Crippen LogP contribution >= 0.6 is 0 Å². The van der Waals surface area contributed by atoms with E-state index >= 15 is 0 Å². The minimum Gasteiger partial charge on any atom is -0.507 e. The van der Waals surface area contributed by atoms with E-state index in [0.29, 0.717) is 0 Å². The van der Waals surface area contributed by atoms with Crippen LogP contribution in [0.4, 0.5) is 0 Å². The van der Waals surface area contributed by atoms with Gasteiger partial charge in [0, 0.05) is 26.8 Å². The second kappa shape index (κ2) is 9.36. The van der Waals surface area contributed by atoms with E-state index in [2.05, 4.69) is 11.9 Å². The lowest BCUT2D eigenvalue weighted by Crippen LogP contribution is -2.42. The Bertz CT molecular complexity index is 405. The molecular formula is C15H23NO3Si. The van der Waals surface area contributed by atoms with Crippen molar-refractivity contribution in [2.75, 3.05) is 20.8 Å². The Balaban J connectivity index is 2.52. The molecule has 110 valence electrons. The molecule has 0 atom stereocenters.